The Bertz CT molecular complexity index is 834. The van der Waals surface area contributed by atoms with Gasteiger partial charge in [-0.2, -0.15) is 17.7 Å². The summed E-state index contributed by atoms with van der Waals surface area (Å²) in [7, 11) is 0. The maximum absolute atomic E-state index is 9.12. The molecule has 2 unspecified atom stereocenters. The molecule has 0 saturated heterocycles. The van der Waals surface area contributed by atoms with Gasteiger partial charge in [0, 0.05) is 24.1 Å². The Morgan fingerprint density at radius 2 is 1.89 bits per heavy atom. The predicted octanol–water partition coefficient (Wildman–Crippen LogP) is 4.55. The number of hydrogen-bond donors (Lipinski definition) is 2. The molecule has 0 amide bonds. The number of aromatic nitrogens is 2. The molecule has 0 aliphatic rings. The van der Waals surface area contributed by atoms with Gasteiger partial charge in [-0.05, 0) is 54.2 Å². The second-order valence-corrected chi connectivity index (χ2v) is 7.95. The Hall–Kier alpha value is -2.24. The van der Waals surface area contributed by atoms with Crippen LogP contribution in [-0.4, -0.2) is 33.4 Å². The van der Waals surface area contributed by atoms with Gasteiger partial charge in [0.05, 0.1) is 18.9 Å². The third-order valence-corrected chi connectivity index (χ3v) is 5.20. The normalized spacial score (nSPS) is 13.2. The highest BCUT2D eigenvalue weighted by Gasteiger charge is 2.10. The van der Waals surface area contributed by atoms with E-state index in [0.29, 0.717) is 12.5 Å². The van der Waals surface area contributed by atoms with Crippen molar-refractivity contribution in [1.82, 2.24) is 9.78 Å². The lowest BCUT2D eigenvalue weighted by Crippen LogP contribution is -2.13. The van der Waals surface area contributed by atoms with E-state index < -0.39 is 0 Å². The Balaban J connectivity index is 1.58. The zero-order chi connectivity index (χ0) is 19.8. The number of thiol groups is 1. The Kier molecular flexibility index (Phi) is 7.57. The van der Waals surface area contributed by atoms with Crippen LogP contribution in [-0.2, 0) is 6.42 Å². The van der Waals surface area contributed by atoms with E-state index in [1.54, 1.807) is 6.20 Å². The molecule has 28 heavy (non-hydrogen) atoms. The van der Waals surface area contributed by atoms with Gasteiger partial charge in [0.2, 0.25) is 0 Å². The summed E-state index contributed by atoms with van der Waals surface area (Å²) in [6.45, 7) is 2.97. The topological polar surface area (TPSA) is 47.3 Å². The first kappa shape index (κ1) is 20.5. The van der Waals surface area contributed by atoms with Crippen molar-refractivity contribution in [3.05, 3.63) is 78.1 Å². The zero-order valence-electron chi connectivity index (χ0n) is 16.2. The first-order valence-electron chi connectivity index (χ1n) is 9.74. The highest BCUT2D eigenvalue weighted by Crippen LogP contribution is 2.23. The molecule has 1 N–H and O–H groups in total. The fourth-order valence-electron chi connectivity index (χ4n) is 3.23. The largest absolute Gasteiger partial charge is 0.493 e. The first-order valence-corrected chi connectivity index (χ1v) is 10.3. The van der Waals surface area contributed by atoms with Gasteiger partial charge in [0.15, 0.2) is 0 Å². The van der Waals surface area contributed by atoms with E-state index in [1.807, 2.05) is 29.1 Å². The summed E-state index contributed by atoms with van der Waals surface area (Å²) in [4.78, 5) is 0. The molecule has 0 saturated carbocycles. The number of ether oxygens (including phenoxy) is 1. The standard InChI is InChI=1S/C23H28N2O2S/c1-18(15-22(28)17-26)11-14-27-23-6-3-2-5-20(23)16-19-7-9-21(10-8-19)25-13-4-12-24-25/h2-10,12-13,18,22,26,28H,11,14-17H2,1H3. The lowest BCUT2D eigenvalue weighted by molar-refractivity contribution is 0.254. The molecule has 1 heterocycles. The van der Waals surface area contributed by atoms with E-state index in [1.165, 1.54) is 11.1 Å². The van der Waals surface area contributed by atoms with Crippen molar-refractivity contribution in [2.45, 2.75) is 31.4 Å². The van der Waals surface area contributed by atoms with Gasteiger partial charge >= 0.3 is 0 Å². The van der Waals surface area contributed by atoms with E-state index in [-0.39, 0.29) is 11.9 Å². The Morgan fingerprint density at radius 1 is 1.11 bits per heavy atom. The van der Waals surface area contributed by atoms with E-state index in [4.69, 9.17) is 9.84 Å². The minimum Gasteiger partial charge on any atom is -0.493 e. The van der Waals surface area contributed by atoms with Crippen LogP contribution in [0.4, 0.5) is 0 Å². The van der Waals surface area contributed by atoms with Crippen molar-refractivity contribution in [1.29, 1.82) is 0 Å². The van der Waals surface area contributed by atoms with E-state index in [9.17, 15) is 0 Å². The number of nitrogens with zero attached hydrogens (tertiary/aromatic N) is 2. The summed E-state index contributed by atoms with van der Waals surface area (Å²) >= 11 is 4.36. The third-order valence-electron chi connectivity index (χ3n) is 4.83. The summed E-state index contributed by atoms with van der Waals surface area (Å²) in [5, 5.41) is 13.4. The molecule has 0 aliphatic heterocycles. The number of hydrogen-bond acceptors (Lipinski definition) is 4. The summed E-state index contributed by atoms with van der Waals surface area (Å²) < 4.78 is 7.93. The van der Waals surface area contributed by atoms with Crippen molar-refractivity contribution in [2.75, 3.05) is 13.2 Å². The fraction of sp³-hybridized carbons (Fsp3) is 0.348. The van der Waals surface area contributed by atoms with Gasteiger partial charge in [-0.25, -0.2) is 4.68 Å². The monoisotopic (exact) mass is 396 g/mol. The van der Waals surface area contributed by atoms with Gasteiger partial charge in [-0.3, -0.25) is 0 Å². The van der Waals surface area contributed by atoms with Crippen molar-refractivity contribution in [2.24, 2.45) is 5.92 Å². The molecule has 2 atom stereocenters. The van der Waals surface area contributed by atoms with Crippen LogP contribution in [0.2, 0.25) is 0 Å². The molecule has 2 aromatic carbocycles. The molecule has 5 heteroatoms. The van der Waals surface area contributed by atoms with Crippen LogP contribution in [0.3, 0.4) is 0 Å². The van der Waals surface area contributed by atoms with E-state index >= 15 is 0 Å². The van der Waals surface area contributed by atoms with Crippen LogP contribution in [0.1, 0.15) is 30.9 Å². The number of aliphatic hydroxyl groups is 1. The molecule has 4 nitrogen and oxygen atoms in total. The number of rotatable bonds is 10. The van der Waals surface area contributed by atoms with Crippen molar-refractivity contribution < 1.29 is 9.84 Å². The summed E-state index contributed by atoms with van der Waals surface area (Å²) in [5.74, 6) is 1.41. The molecule has 0 radical (unpaired) electrons. The first-order chi connectivity index (χ1) is 13.7. The van der Waals surface area contributed by atoms with Crippen molar-refractivity contribution in [3.63, 3.8) is 0 Å². The highest BCUT2D eigenvalue weighted by molar-refractivity contribution is 7.81. The smallest absolute Gasteiger partial charge is 0.122 e. The van der Waals surface area contributed by atoms with Crippen LogP contribution in [0.25, 0.3) is 5.69 Å². The van der Waals surface area contributed by atoms with Crippen LogP contribution >= 0.6 is 12.6 Å². The van der Waals surface area contributed by atoms with Crippen LogP contribution < -0.4 is 4.74 Å². The third kappa shape index (κ3) is 5.88. The van der Waals surface area contributed by atoms with E-state index in [0.717, 1.165) is 30.7 Å². The number of aliphatic hydroxyl groups excluding tert-OH is 1. The van der Waals surface area contributed by atoms with Crippen LogP contribution in [0, 0.1) is 5.92 Å². The van der Waals surface area contributed by atoms with Gasteiger partial charge in [0.25, 0.3) is 0 Å². The molecule has 0 fully saturated rings. The number of para-hydroxylation sites is 1. The van der Waals surface area contributed by atoms with Gasteiger partial charge < -0.3 is 9.84 Å². The predicted molar refractivity (Wildman–Crippen MR) is 117 cm³/mol. The van der Waals surface area contributed by atoms with Crippen molar-refractivity contribution >= 4 is 12.6 Å². The molecule has 1 aromatic heterocycles. The summed E-state index contributed by atoms with van der Waals surface area (Å²) in [6.07, 6.45) is 6.39. The van der Waals surface area contributed by atoms with Gasteiger partial charge in [0.1, 0.15) is 5.75 Å². The van der Waals surface area contributed by atoms with Crippen LogP contribution in [0.5, 0.6) is 5.75 Å². The maximum Gasteiger partial charge on any atom is 0.122 e. The zero-order valence-corrected chi connectivity index (χ0v) is 17.1. The molecular weight excluding hydrogens is 368 g/mol. The molecule has 148 valence electrons. The lowest BCUT2D eigenvalue weighted by Gasteiger charge is -2.16. The minimum atomic E-state index is 0.0481. The second-order valence-electron chi connectivity index (χ2n) is 7.22. The molecule has 3 aromatic rings. The minimum absolute atomic E-state index is 0.0481. The second kappa shape index (κ2) is 10.3. The summed E-state index contributed by atoms with van der Waals surface area (Å²) in [5.41, 5.74) is 3.48. The Morgan fingerprint density at radius 3 is 2.61 bits per heavy atom. The lowest BCUT2D eigenvalue weighted by atomic mass is 10.0. The molecular formula is C23H28N2O2S. The van der Waals surface area contributed by atoms with Crippen molar-refractivity contribution in [3.8, 4) is 11.4 Å². The average molecular weight is 397 g/mol. The number of benzene rings is 2. The highest BCUT2D eigenvalue weighted by atomic mass is 32.1. The maximum atomic E-state index is 9.12. The molecule has 0 spiro atoms. The van der Waals surface area contributed by atoms with E-state index in [2.05, 4.69) is 61.0 Å². The fourth-order valence-corrected chi connectivity index (χ4v) is 3.59. The molecule has 0 aliphatic carbocycles. The molecule has 0 bridgehead atoms. The summed E-state index contributed by atoms with van der Waals surface area (Å²) in [6, 6.07) is 18.6. The van der Waals surface area contributed by atoms with Gasteiger partial charge in [-0.15, -0.1) is 0 Å². The quantitative estimate of drug-likeness (QED) is 0.494. The SMILES string of the molecule is CC(CCOc1ccccc1Cc1ccc(-n2cccn2)cc1)CC(S)CO. The van der Waals surface area contributed by atoms with Gasteiger partial charge in [-0.1, -0.05) is 37.3 Å². The molecule has 3 rings (SSSR count). The van der Waals surface area contributed by atoms with Crippen LogP contribution in [0.15, 0.2) is 67.0 Å². The average Bonchev–Trinajstić information content (AvgIpc) is 3.24. The Labute approximate surface area is 172 Å².